The summed E-state index contributed by atoms with van der Waals surface area (Å²) in [6.07, 6.45) is 30.4. The topological polar surface area (TPSA) is 86.0 Å². The van der Waals surface area contributed by atoms with Gasteiger partial charge in [-0.3, -0.25) is 0 Å². The van der Waals surface area contributed by atoms with E-state index >= 15 is 0 Å². The fourth-order valence-corrected chi connectivity index (χ4v) is 5.18. The van der Waals surface area contributed by atoms with Gasteiger partial charge >= 0.3 is 39.9 Å². The van der Waals surface area contributed by atoms with Crippen molar-refractivity contribution < 1.29 is 40.6 Å². The van der Waals surface area contributed by atoms with Crippen LogP contribution in [0.4, 0.5) is 0 Å². The molecular weight excluding hydrogens is 448 g/mol. The minimum atomic E-state index is -0.585. The van der Waals surface area contributed by atoms with E-state index in [1.165, 1.54) is 5.57 Å². The first-order chi connectivity index (χ1) is 15.3. The molecule has 0 aromatic heterocycles. The van der Waals surface area contributed by atoms with Crippen LogP contribution >= 0.6 is 0 Å². The van der Waals surface area contributed by atoms with Gasteiger partial charge < -0.3 is 4.74 Å². The van der Waals surface area contributed by atoms with Gasteiger partial charge in [-0.25, -0.2) is 4.79 Å². The molecule has 1 aliphatic heterocycles. The normalized spacial score (nSPS) is 31.4. The number of carbonyl (C=O) groups excluding carboxylic acids is 1. The summed E-state index contributed by atoms with van der Waals surface area (Å²) in [6.45, 7) is 13.5. The third kappa shape index (κ3) is 4.50. The maximum Gasteiger partial charge on any atom is 0 e. The van der Waals surface area contributed by atoms with Crippen molar-refractivity contribution in [1.29, 1.82) is 0 Å². The first-order valence-corrected chi connectivity index (χ1v) is 9.61. The van der Waals surface area contributed by atoms with Crippen LogP contribution in [0.3, 0.4) is 0 Å². The van der Waals surface area contributed by atoms with Gasteiger partial charge in [-0.05, 0) is 17.9 Å². The molecule has 1 heterocycles. The summed E-state index contributed by atoms with van der Waals surface area (Å²) in [7, 11) is 0. The Labute approximate surface area is 198 Å². The van der Waals surface area contributed by atoms with Crippen molar-refractivity contribution in [2.45, 2.75) is 12.0 Å². The molecule has 1 saturated heterocycles. The first kappa shape index (κ1) is 27.2. The molecule has 0 amide bonds. The molecular formula is C26H20FeO5. The summed E-state index contributed by atoms with van der Waals surface area (Å²) in [5.74, 6) is 0.661. The zero-order valence-corrected chi connectivity index (χ0v) is 18.1. The molecule has 5 nitrogen and oxygen atoms in total. The smallest absolute Gasteiger partial charge is 0 e. The maximum atomic E-state index is 12.8. The largest absolute Gasteiger partial charge is 0 e. The molecule has 5 rings (SSSR count). The number of fused-ring (bicyclic) bond motifs is 7. The van der Waals surface area contributed by atoms with Crippen LogP contribution < -0.4 is 0 Å². The molecule has 0 bridgehead atoms. The number of hydrogen-bond donors (Lipinski definition) is 0. The fourth-order valence-electron chi connectivity index (χ4n) is 5.18. The quantitative estimate of drug-likeness (QED) is 0.230. The Morgan fingerprint density at radius 2 is 1.44 bits per heavy atom. The predicted molar refractivity (Wildman–Crippen MR) is 110 cm³/mol. The van der Waals surface area contributed by atoms with Gasteiger partial charge in [-0.1, -0.05) is 85.1 Å². The van der Waals surface area contributed by atoms with Crippen molar-refractivity contribution >= 4 is 5.97 Å². The van der Waals surface area contributed by atoms with E-state index < -0.39 is 5.60 Å². The van der Waals surface area contributed by atoms with E-state index in [-0.39, 0.29) is 40.8 Å². The van der Waals surface area contributed by atoms with Gasteiger partial charge in [0.2, 0.25) is 0 Å². The van der Waals surface area contributed by atoms with E-state index in [1.54, 1.807) is 0 Å². The van der Waals surface area contributed by atoms with Gasteiger partial charge in [0.1, 0.15) is 5.60 Å². The molecule has 0 aromatic rings. The second-order valence-corrected chi connectivity index (χ2v) is 7.20. The van der Waals surface area contributed by atoms with E-state index in [4.69, 9.17) is 18.7 Å². The average Bonchev–Trinajstić information content (AvgIpc) is 3.15. The molecule has 5 atom stereocenters. The van der Waals surface area contributed by atoms with E-state index in [0.717, 1.165) is 12.0 Å². The molecule has 0 aromatic carbocycles. The van der Waals surface area contributed by atoms with E-state index in [9.17, 15) is 4.79 Å². The van der Waals surface area contributed by atoms with E-state index in [2.05, 4.69) is 80.7 Å². The molecule has 0 unspecified atom stereocenters. The van der Waals surface area contributed by atoms with Gasteiger partial charge in [0, 0.05) is 34.5 Å². The van der Waals surface area contributed by atoms with Crippen LogP contribution in [-0.4, -0.2) is 11.6 Å². The predicted octanol–water partition coefficient (Wildman–Crippen LogP) is 4.27. The first-order valence-electron chi connectivity index (χ1n) is 9.61. The van der Waals surface area contributed by atoms with Crippen molar-refractivity contribution in [2.75, 3.05) is 0 Å². The zero-order valence-electron chi connectivity index (χ0n) is 17.0. The number of ether oxygens (including phenoxy) is 1. The standard InChI is InChI=1S/C23H20O2.3CO.Fe/c24-22-18-12-6-3-9-15-21(18)23(25-22)19-13-7-1-4-10-16(19)17-11-5-2-8-14-20(17)23;3*1-2;/h1-13,15-17,20-21H,14H2;;;;/t16-,17+,20+,21+,23-;;;;/m1..../s1. The molecule has 1 spiro atoms. The Morgan fingerprint density at radius 3 is 2.16 bits per heavy atom. The monoisotopic (exact) mass is 468 g/mol. The molecule has 162 valence electrons. The van der Waals surface area contributed by atoms with Crippen molar-refractivity contribution in [1.82, 2.24) is 0 Å². The van der Waals surface area contributed by atoms with Crippen LogP contribution in [0.25, 0.3) is 0 Å². The van der Waals surface area contributed by atoms with Gasteiger partial charge in [-0.2, -0.15) is 0 Å². The minimum absolute atomic E-state index is 0. The molecule has 2 fully saturated rings. The SMILES string of the molecule is O=C1O[C@@]2(C3=CC=CC=C[C@@H]3[C@@H]3C=CC=CC[C@@H]32)[C@H]2C=CC=CC=C12.[C-]#[O+].[C-]#[O+].[C-]#[O+].[Fe]. The van der Waals surface area contributed by atoms with Crippen LogP contribution in [0.2, 0.25) is 0 Å². The molecule has 1 saturated carbocycles. The van der Waals surface area contributed by atoms with Gasteiger partial charge in [0.25, 0.3) is 0 Å². The number of carbonyl (C=O) groups is 1. The minimum Gasteiger partial charge on any atom is 0 e. The van der Waals surface area contributed by atoms with Gasteiger partial charge in [0.15, 0.2) is 0 Å². The summed E-state index contributed by atoms with van der Waals surface area (Å²) in [6, 6.07) is 0. The molecule has 0 N–H and O–H groups in total. The molecule has 32 heavy (non-hydrogen) atoms. The molecule has 4 aliphatic carbocycles. The summed E-state index contributed by atoms with van der Waals surface area (Å²) >= 11 is 0. The molecule has 6 heteroatoms. The van der Waals surface area contributed by atoms with Gasteiger partial charge in [0.05, 0.1) is 5.92 Å². The second-order valence-electron chi connectivity index (χ2n) is 7.20. The second kappa shape index (κ2) is 12.9. The Balaban J connectivity index is 0.000000679. The summed E-state index contributed by atoms with van der Waals surface area (Å²) in [5, 5.41) is 0. The van der Waals surface area contributed by atoms with Crippen molar-refractivity contribution in [2.24, 2.45) is 23.7 Å². The maximum absolute atomic E-state index is 12.8. The molecule has 0 radical (unpaired) electrons. The summed E-state index contributed by atoms with van der Waals surface area (Å²) in [4.78, 5) is 12.8. The van der Waals surface area contributed by atoms with Crippen LogP contribution in [0, 0.1) is 43.6 Å². The third-order valence-electron chi connectivity index (χ3n) is 6.12. The number of hydrogen-bond acceptors (Lipinski definition) is 2. The fraction of sp³-hybridized carbons (Fsp3) is 0.231. The van der Waals surface area contributed by atoms with Gasteiger partial charge in [-0.15, -0.1) is 0 Å². The van der Waals surface area contributed by atoms with Crippen LogP contribution in [-0.2, 0) is 40.6 Å². The summed E-state index contributed by atoms with van der Waals surface area (Å²) in [5.41, 5.74) is 1.43. The number of rotatable bonds is 0. The third-order valence-corrected chi connectivity index (χ3v) is 6.12. The summed E-state index contributed by atoms with van der Waals surface area (Å²) < 4.78 is 28.8. The van der Waals surface area contributed by atoms with Crippen LogP contribution in [0.5, 0.6) is 0 Å². The Kier molecular flexibility index (Phi) is 10.9. The van der Waals surface area contributed by atoms with Crippen molar-refractivity contribution in [3.05, 3.63) is 116 Å². The Bertz CT molecular complexity index is 985. The number of esters is 1. The van der Waals surface area contributed by atoms with Crippen LogP contribution in [0.1, 0.15) is 6.42 Å². The van der Waals surface area contributed by atoms with E-state index in [1.807, 2.05) is 24.3 Å². The Hall–Kier alpha value is -2.87. The Morgan fingerprint density at radius 1 is 0.812 bits per heavy atom. The zero-order chi connectivity index (χ0) is 22.9. The van der Waals surface area contributed by atoms with Crippen molar-refractivity contribution in [3.8, 4) is 0 Å². The average molecular weight is 468 g/mol. The molecule has 5 aliphatic rings. The van der Waals surface area contributed by atoms with Crippen LogP contribution in [0.15, 0.2) is 96.2 Å². The van der Waals surface area contributed by atoms with Crippen molar-refractivity contribution in [3.63, 3.8) is 0 Å². The van der Waals surface area contributed by atoms with E-state index in [0.29, 0.717) is 5.92 Å². The number of allylic oxidation sites excluding steroid dienone is 13.